The van der Waals surface area contributed by atoms with E-state index in [0.717, 1.165) is 0 Å². The van der Waals surface area contributed by atoms with E-state index in [2.05, 4.69) is 5.32 Å². The van der Waals surface area contributed by atoms with E-state index in [4.69, 9.17) is 11.5 Å². The molecule has 0 heterocycles. The van der Waals surface area contributed by atoms with Gasteiger partial charge >= 0.3 is 6.18 Å². The standard InChI is InChI=1S/C8H10F3N3/c9-8(10,11)4-14-7-5(12)2-1-3-6(7)13/h1-3,14H,4,12-13H2. The SMILES string of the molecule is Nc1cccc(N)c1NCC(F)(F)F. The van der Waals surface area contributed by atoms with E-state index in [1.165, 1.54) is 12.1 Å². The van der Waals surface area contributed by atoms with Gasteiger partial charge in [-0.2, -0.15) is 13.2 Å². The topological polar surface area (TPSA) is 64.1 Å². The van der Waals surface area contributed by atoms with E-state index in [1.54, 1.807) is 6.07 Å². The summed E-state index contributed by atoms with van der Waals surface area (Å²) >= 11 is 0. The Kier molecular flexibility index (Phi) is 2.73. The highest BCUT2D eigenvalue weighted by atomic mass is 19.4. The summed E-state index contributed by atoms with van der Waals surface area (Å²) in [7, 11) is 0. The molecule has 6 heteroatoms. The summed E-state index contributed by atoms with van der Waals surface area (Å²) in [6.45, 7) is -1.15. The van der Waals surface area contributed by atoms with Crippen molar-refractivity contribution in [3.8, 4) is 0 Å². The van der Waals surface area contributed by atoms with Crippen LogP contribution in [-0.2, 0) is 0 Å². The van der Waals surface area contributed by atoms with Gasteiger partial charge in [0.05, 0.1) is 17.1 Å². The number of nitrogens with two attached hydrogens (primary N) is 2. The molecule has 78 valence electrons. The van der Waals surface area contributed by atoms with E-state index in [1.807, 2.05) is 0 Å². The van der Waals surface area contributed by atoms with Gasteiger partial charge < -0.3 is 16.8 Å². The first kappa shape index (κ1) is 10.5. The first-order valence-electron chi connectivity index (χ1n) is 3.85. The number of halogens is 3. The number of benzene rings is 1. The Morgan fingerprint density at radius 1 is 1.14 bits per heavy atom. The molecule has 0 spiro atoms. The molecule has 1 aromatic rings. The van der Waals surface area contributed by atoms with Crippen LogP contribution in [0.15, 0.2) is 18.2 Å². The first-order chi connectivity index (χ1) is 6.40. The highest BCUT2D eigenvalue weighted by Crippen LogP contribution is 2.26. The predicted octanol–water partition coefficient (Wildman–Crippen LogP) is 1.83. The molecule has 0 fully saturated rings. The molecule has 0 saturated carbocycles. The van der Waals surface area contributed by atoms with Gasteiger partial charge in [0.25, 0.3) is 0 Å². The number of nitrogen functional groups attached to an aromatic ring is 2. The second-order valence-corrected chi connectivity index (χ2v) is 2.78. The van der Waals surface area contributed by atoms with Crippen molar-refractivity contribution in [3.05, 3.63) is 18.2 Å². The Balaban J connectivity index is 2.77. The van der Waals surface area contributed by atoms with Gasteiger partial charge in [-0.05, 0) is 12.1 Å². The Morgan fingerprint density at radius 3 is 2.07 bits per heavy atom. The van der Waals surface area contributed by atoms with Crippen molar-refractivity contribution < 1.29 is 13.2 Å². The van der Waals surface area contributed by atoms with Crippen LogP contribution in [0.2, 0.25) is 0 Å². The van der Waals surface area contributed by atoms with Gasteiger partial charge in [0.2, 0.25) is 0 Å². The molecule has 3 nitrogen and oxygen atoms in total. The van der Waals surface area contributed by atoms with Crippen LogP contribution in [0.1, 0.15) is 0 Å². The van der Waals surface area contributed by atoms with Gasteiger partial charge in [-0.3, -0.25) is 0 Å². The van der Waals surface area contributed by atoms with Crippen molar-refractivity contribution in [2.24, 2.45) is 0 Å². The summed E-state index contributed by atoms with van der Waals surface area (Å²) in [6, 6.07) is 4.54. The second kappa shape index (κ2) is 3.65. The number of hydrogen-bond donors (Lipinski definition) is 3. The van der Waals surface area contributed by atoms with Gasteiger partial charge in [0.1, 0.15) is 6.54 Å². The molecule has 5 N–H and O–H groups in total. The third kappa shape index (κ3) is 2.72. The Morgan fingerprint density at radius 2 is 1.64 bits per heavy atom. The summed E-state index contributed by atoms with van der Waals surface area (Å²) in [5.41, 5.74) is 11.4. The van der Waals surface area contributed by atoms with Crippen molar-refractivity contribution in [1.29, 1.82) is 0 Å². The molecule has 14 heavy (non-hydrogen) atoms. The molecule has 0 radical (unpaired) electrons. The van der Waals surface area contributed by atoms with E-state index in [0.29, 0.717) is 0 Å². The van der Waals surface area contributed by atoms with Gasteiger partial charge in [0, 0.05) is 0 Å². The number of para-hydroxylation sites is 1. The number of anilines is 3. The fourth-order valence-corrected chi connectivity index (χ4v) is 0.982. The number of hydrogen-bond acceptors (Lipinski definition) is 3. The Bertz CT molecular complexity index is 302. The van der Waals surface area contributed by atoms with E-state index < -0.39 is 12.7 Å². The van der Waals surface area contributed by atoms with E-state index >= 15 is 0 Å². The van der Waals surface area contributed by atoms with Crippen molar-refractivity contribution in [2.45, 2.75) is 6.18 Å². The first-order valence-corrected chi connectivity index (χ1v) is 3.85. The van der Waals surface area contributed by atoms with Crippen LogP contribution in [0.4, 0.5) is 30.2 Å². The lowest BCUT2D eigenvalue weighted by Gasteiger charge is -2.13. The lowest BCUT2D eigenvalue weighted by Crippen LogP contribution is -2.22. The van der Waals surface area contributed by atoms with Gasteiger partial charge in [-0.25, -0.2) is 0 Å². The van der Waals surface area contributed by atoms with E-state index in [-0.39, 0.29) is 17.1 Å². The summed E-state index contributed by atoms with van der Waals surface area (Å²) < 4.78 is 35.6. The third-order valence-electron chi connectivity index (χ3n) is 1.59. The normalized spacial score (nSPS) is 11.4. The number of nitrogens with one attached hydrogen (secondary N) is 1. The molecule has 0 saturated heterocycles. The maximum absolute atomic E-state index is 11.9. The maximum atomic E-state index is 11.9. The Labute approximate surface area is 78.9 Å². The smallest absolute Gasteiger partial charge is 0.397 e. The molecule has 0 amide bonds. The van der Waals surface area contributed by atoms with Crippen LogP contribution < -0.4 is 16.8 Å². The molecule has 0 bridgehead atoms. The average Bonchev–Trinajstić information content (AvgIpc) is 2.01. The molecule has 0 aliphatic heterocycles. The molecular formula is C8H10F3N3. The quantitative estimate of drug-likeness (QED) is 0.645. The molecular weight excluding hydrogens is 195 g/mol. The molecule has 0 aromatic heterocycles. The van der Waals surface area contributed by atoms with Crippen LogP contribution in [0.5, 0.6) is 0 Å². The number of alkyl halides is 3. The van der Waals surface area contributed by atoms with Gasteiger partial charge in [0.15, 0.2) is 0 Å². The highest BCUT2D eigenvalue weighted by Gasteiger charge is 2.27. The molecule has 0 aliphatic rings. The predicted molar refractivity (Wildman–Crippen MR) is 49.8 cm³/mol. The van der Waals surface area contributed by atoms with Crippen LogP contribution in [0.3, 0.4) is 0 Å². The largest absolute Gasteiger partial charge is 0.405 e. The van der Waals surface area contributed by atoms with Crippen LogP contribution >= 0.6 is 0 Å². The molecule has 1 rings (SSSR count). The fraction of sp³-hybridized carbons (Fsp3) is 0.250. The third-order valence-corrected chi connectivity index (χ3v) is 1.59. The zero-order valence-corrected chi connectivity index (χ0v) is 7.23. The summed E-state index contributed by atoms with van der Waals surface area (Å²) in [5.74, 6) is 0. The van der Waals surface area contributed by atoms with Crippen LogP contribution in [0.25, 0.3) is 0 Å². The maximum Gasteiger partial charge on any atom is 0.405 e. The minimum Gasteiger partial charge on any atom is -0.397 e. The van der Waals surface area contributed by atoms with Crippen LogP contribution in [-0.4, -0.2) is 12.7 Å². The number of rotatable bonds is 2. The summed E-state index contributed by atoms with van der Waals surface area (Å²) in [5, 5.41) is 2.15. The zero-order valence-electron chi connectivity index (χ0n) is 7.23. The zero-order chi connectivity index (χ0) is 10.8. The Hall–Kier alpha value is -1.59. The average molecular weight is 205 g/mol. The lowest BCUT2D eigenvalue weighted by atomic mass is 10.2. The molecule has 0 aliphatic carbocycles. The lowest BCUT2D eigenvalue weighted by molar-refractivity contribution is -0.115. The van der Waals surface area contributed by atoms with Crippen molar-refractivity contribution in [1.82, 2.24) is 0 Å². The van der Waals surface area contributed by atoms with Gasteiger partial charge in [-0.15, -0.1) is 0 Å². The molecule has 1 aromatic carbocycles. The monoisotopic (exact) mass is 205 g/mol. The van der Waals surface area contributed by atoms with Crippen molar-refractivity contribution >= 4 is 17.1 Å². The minimum atomic E-state index is -4.28. The highest BCUT2D eigenvalue weighted by molar-refractivity contribution is 5.79. The van der Waals surface area contributed by atoms with Gasteiger partial charge in [-0.1, -0.05) is 6.07 Å². The molecule has 0 unspecified atom stereocenters. The molecule has 0 atom stereocenters. The van der Waals surface area contributed by atoms with Crippen molar-refractivity contribution in [2.75, 3.05) is 23.3 Å². The van der Waals surface area contributed by atoms with Crippen LogP contribution in [0, 0.1) is 0 Å². The summed E-state index contributed by atoms with van der Waals surface area (Å²) in [4.78, 5) is 0. The van der Waals surface area contributed by atoms with Crippen molar-refractivity contribution in [3.63, 3.8) is 0 Å². The fourth-order valence-electron chi connectivity index (χ4n) is 0.982. The minimum absolute atomic E-state index is 0.129. The summed E-state index contributed by atoms with van der Waals surface area (Å²) in [6.07, 6.45) is -4.28. The second-order valence-electron chi connectivity index (χ2n) is 2.78. The van der Waals surface area contributed by atoms with E-state index in [9.17, 15) is 13.2 Å².